The zero-order chi connectivity index (χ0) is 15.0. The summed E-state index contributed by atoms with van der Waals surface area (Å²) >= 11 is 1.43. The van der Waals surface area contributed by atoms with Crippen LogP contribution in [0.4, 0.5) is 19.0 Å². The monoisotopic (exact) mass is 309 g/mol. The molecule has 6 nitrogen and oxygen atoms in total. The van der Waals surface area contributed by atoms with Crippen molar-refractivity contribution in [3.8, 4) is 0 Å². The molecule has 4 N–H and O–H groups in total. The average Bonchev–Trinajstić information content (AvgIpc) is 2.36. The van der Waals surface area contributed by atoms with Crippen molar-refractivity contribution in [1.29, 1.82) is 0 Å². The maximum absolute atomic E-state index is 12.0. The molecule has 0 saturated carbocycles. The standard InChI is InChI=1S/C10H14F3N5OS/c11-10(12,13)6-16-9(14)18-7-1-2-15-8(17-7)5-20-4-3-19/h1-2,19H,3-6H2,(H3,14,15,16,17,18). The van der Waals surface area contributed by atoms with E-state index in [-0.39, 0.29) is 18.4 Å². The Morgan fingerprint density at radius 1 is 1.50 bits per heavy atom. The van der Waals surface area contributed by atoms with Crippen LogP contribution in [0.1, 0.15) is 5.82 Å². The third kappa shape index (κ3) is 7.14. The first-order chi connectivity index (χ1) is 9.40. The smallest absolute Gasteiger partial charge is 0.396 e. The number of aliphatic hydroxyl groups is 1. The van der Waals surface area contributed by atoms with Gasteiger partial charge in [0, 0.05) is 11.9 Å². The van der Waals surface area contributed by atoms with Crippen LogP contribution in [-0.4, -0.2) is 46.1 Å². The lowest BCUT2D eigenvalue weighted by molar-refractivity contribution is -0.118. The Balaban J connectivity index is 2.57. The average molecular weight is 309 g/mol. The fraction of sp³-hybridized carbons (Fsp3) is 0.500. The molecule has 0 aliphatic heterocycles. The molecule has 0 aliphatic rings. The fourth-order valence-electron chi connectivity index (χ4n) is 1.11. The minimum absolute atomic E-state index is 0.0552. The molecule has 0 spiro atoms. The highest BCUT2D eigenvalue weighted by atomic mass is 32.2. The second kappa shape index (κ2) is 7.90. The molecule has 0 radical (unpaired) electrons. The maximum atomic E-state index is 12.0. The maximum Gasteiger partial charge on any atom is 0.408 e. The molecule has 0 amide bonds. The number of thioether (sulfide) groups is 1. The topological polar surface area (TPSA) is 96.4 Å². The molecule has 0 atom stereocenters. The predicted molar refractivity (Wildman–Crippen MR) is 71.4 cm³/mol. The van der Waals surface area contributed by atoms with E-state index in [1.807, 2.05) is 0 Å². The number of halogens is 3. The highest BCUT2D eigenvalue weighted by Gasteiger charge is 2.26. The van der Waals surface area contributed by atoms with E-state index >= 15 is 0 Å². The number of alkyl halides is 3. The van der Waals surface area contributed by atoms with Crippen LogP contribution in [0, 0.1) is 0 Å². The van der Waals surface area contributed by atoms with E-state index < -0.39 is 12.7 Å². The van der Waals surface area contributed by atoms with E-state index in [1.165, 1.54) is 24.0 Å². The molecule has 0 bridgehead atoms. The Morgan fingerprint density at radius 3 is 2.90 bits per heavy atom. The van der Waals surface area contributed by atoms with Gasteiger partial charge in [0.25, 0.3) is 0 Å². The molecule has 1 heterocycles. The van der Waals surface area contributed by atoms with Gasteiger partial charge in [-0.3, -0.25) is 0 Å². The second-order valence-electron chi connectivity index (χ2n) is 3.58. The summed E-state index contributed by atoms with van der Waals surface area (Å²) in [5.74, 6) is 1.42. The van der Waals surface area contributed by atoms with Gasteiger partial charge in [0.05, 0.1) is 12.4 Å². The Labute approximate surface area is 117 Å². The third-order valence-corrected chi connectivity index (χ3v) is 2.79. The fourth-order valence-corrected chi connectivity index (χ4v) is 1.71. The van der Waals surface area contributed by atoms with Crippen molar-refractivity contribution in [1.82, 2.24) is 9.97 Å². The molecule has 0 aliphatic carbocycles. The number of hydrogen-bond donors (Lipinski definition) is 3. The zero-order valence-corrected chi connectivity index (χ0v) is 11.2. The van der Waals surface area contributed by atoms with E-state index in [4.69, 9.17) is 10.8 Å². The normalized spacial score (nSPS) is 12.5. The third-order valence-electron chi connectivity index (χ3n) is 1.86. The SMILES string of the molecule is N/C(=N/CC(F)(F)F)Nc1ccnc(CSCCO)n1. The lowest BCUT2D eigenvalue weighted by atomic mass is 10.5. The number of guanidine groups is 1. The van der Waals surface area contributed by atoms with Gasteiger partial charge < -0.3 is 16.2 Å². The molecule has 0 unspecified atom stereocenters. The number of aliphatic hydroxyl groups excluding tert-OH is 1. The number of nitrogens with two attached hydrogens (primary N) is 1. The van der Waals surface area contributed by atoms with Crippen LogP contribution in [0.2, 0.25) is 0 Å². The van der Waals surface area contributed by atoms with E-state index in [2.05, 4.69) is 20.3 Å². The second-order valence-corrected chi connectivity index (χ2v) is 4.68. The summed E-state index contributed by atoms with van der Waals surface area (Å²) in [6, 6.07) is 1.47. The largest absolute Gasteiger partial charge is 0.408 e. The van der Waals surface area contributed by atoms with Gasteiger partial charge in [-0.1, -0.05) is 0 Å². The number of anilines is 1. The van der Waals surface area contributed by atoms with Crippen LogP contribution < -0.4 is 11.1 Å². The van der Waals surface area contributed by atoms with Crippen LogP contribution >= 0.6 is 11.8 Å². The number of aromatic nitrogens is 2. The quantitative estimate of drug-likeness (QED) is 0.412. The number of hydrogen-bond acceptors (Lipinski definition) is 5. The summed E-state index contributed by atoms with van der Waals surface area (Å²) in [6.45, 7) is -1.30. The van der Waals surface area contributed by atoms with Gasteiger partial charge in [-0.15, -0.1) is 0 Å². The summed E-state index contributed by atoms with van der Waals surface area (Å²) in [6.07, 6.45) is -2.94. The minimum Gasteiger partial charge on any atom is -0.396 e. The first-order valence-electron chi connectivity index (χ1n) is 5.55. The summed E-state index contributed by atoms with van der Waals surface area (Å²) in [5, 5.41) is 11.1. The predicted octanol–water partition coefficient (Wildman–Crippen LogP) is 0.991. The molecular formula is C10H14F3N5OS. The van der Waals surface area contributed by atoms with Gasteiger partial charge in [0.1, 0.15) is 18.2 Å². The summed E-state index contributed by atoms with van der Waals surface area (Å²) < 4.78 is 35.9. The summed E-state index contributed by atoms with van der Waals surface area (Å²) in [5.41, 5.74) is 5.32. The van der Waals surface area contributed by atoms with E-state index in [1.54, 1.807) is 0 Å². The Morgan fingerprint density at radius 2 is 2.25 bits per heavy atom. The Bertz CT molecular complexity index is 455. The van der Waals surface area contributed by atoms with E-state index in [9.17, 15) is 13.2 Å². The van der Waals surface area contributed by atoms with Crippen molar-refractivity contribution in [3.63, 3.8) is 0 Å². The highest BCUT2D eigenvalue weighted by Crippen LogP contribution is 2.14. The molecule has 20 heavy (non-hydrogen) atoms. The van der Waals surface area contributed by atoms with E-state index in [0.717, 1.165) is 0 Å². The molecule has 10 heteroatoms. The first kappa shape index (κ1) is 16.5. The molecule has 1 aromatic rings. The number of rotatable bonds is 6. The Kier molecular flexibility index (Phi) is 6.52. The van der Waals surface area contributed by atoms with Crippen molar-refractivity contribution in [2.75, 3.05) is 24.2 Å². The first-order valence-corrected chi connectivity index (χ1v) is 6.70. The lowest BCUT2D eigenvalue weighted by Gasteiger charge is -2.07. The number of nitrogens with one attached hydrogen (secondary N) is 1. The van der Waals surface area contributed by atoms with Gasteiger partial charge >= 0.3 is 6.18 Å². The van der Waals surface area contributed by atoms with Gasteiger partial charge in [-0.05, 0) is 6.07 Å². The number of nitrogens with zero attached hydrogens (tertiary/aromatic N) is 3. The summed E-state index contributed by atoms with van der Waals surface area (Å²) in [7, 11) is 0. The van der Waals surface area contributed by atoms with Crippen LogP contribution in [0.15, 0.2) is 17.3 Å². The molecule has 1 aromatic heterocycles. The van der Waals surface area contributed by atoms with Gasteiger partial charge in [0.15, 0.2) is 5.96 Å². The van der Waals surface area contributed by atoms with Crippen molar-refractivity contribution in [2.24, 2.45) is 10.7 Å². The van der Waals surface area contributed by atoms with Crippen molar-refractivity contribution < 1.29 is 18.3 Å². The van der Waals surface area contributed by atoms with Gasteiger partial charge in [0.2, 0.25) is 0 Å². The molecule has 0 aromatic carbocycles. The van der Waals surface area contributed by atoms with Crippen molar-refractivity contribution in [2.45, 2.75) is 11.9 Å². The summed E-state index contributed by atoms with van der Waals surface area (Å²) in [4.78, 5) is 11.2. The number of aliphatic imine (C=N–C) groups is 1. The van der Waals surface area contributed by atoms with Gasteiger partial charge in [-0.2, -0.15) is 24.9 Å². The molecule has 0 fully saturated rings. The highest BCUT2D eigenvalue weighted by molar-refractivity contribution is 7.98. The minimum atomic E-state index is -4.40. The zero-order valence-electron chi connectivity index (χ0n) is 10.4. The van der Waals surface area contributed by atoms with Crippen molar-refractivity contribution >= 4 is 23.5 Å². The molecule has 0 saturated heterocycles. The van der Waals surface area contributed by atoms with Crippen LogP contribution in [0.25, 0.3) is 0 Å². The Hall–Kier alpha value is -1.55. The van der Waals surface area contributed by atoms with Gasteiger partial charge in [-0.25, -0.2) is 15.0 Å². The molecule has 1 rings (SSSR count). The van der Waals surface area contributed by atoms with Crippen molar-refractivity contribution in [3.05, 3.63) is 18.1 Å². The van der Waals surface area contributed by atoms with Crippen LogP contribution in [0.5, 0.6) is 0 Å². The lowest BCUT2D eigenvalue weighted by Crippen LogP contribution is -2.26. The van der Waals surface area contributed by atoms with E-state index in [0.29, 0.717) is 17.3 Å². The molecule has 112 valence electrons. The van der Waals surface area contributed by atoms with Crippen LogP contribution in [-0.2, 0) is 5.75 Å². The molecular weight excluding hydrogens is 295 g/mol. The van der Waals surface area contributed by atoms with Crippen LogP contribution in [0.3, 0.4) is 0 Å².